The van der Waals surface area contributed by atoms with E-state index < -0.39 is 30.3 Å². The Morgan fingerprint density at radius 2 is 1.80 bits per heavy atom. The molecule has 3 amide bonds. The quantitative estimate of drug-likeness (QED) is 0.835. The van der Waals surface area contributed by atoms with Crippen LogP contribution in [0.15, 0.2) is 42.5 Å². The van der Waals surface area contributed by atoms with Gasteiger partial charge in [0.2, 0.25) is 0 Å². The van der Waals surface area contributed by atoms with Crippen molar-refractivity contribution in [1.29, 1.82) is 0 Å². The molecule has 0 unspecified atom stereocenters. The number of nitrogens with one attached hydrogen (secondary N) is 2. The van der Waals surface area contributed by atoms with E-state index in [0.29, 0.717) is 11.1 Å². The van der Waals surface area contributed by atoms with Gasteiger partial charge in [0.05, 0.1) is 11.3 Å². The van der Waals surface area contributed by atoms with Gasteiger partial charge in [-0.2, -0.15) is 0 Å². The highest BCUT2D eigenvalue weighted by Crippen LogP contribution is 2.13. The number of halogens is 1. The van der Waals surface area contributed by atoms with E-state index in [4.69, 9.17) is 4.74 Å². The van der Waals surface area contributed by atoms with Gasteiger partial charge in [0.25, 0.3) is 5.91 Å². The SMILES string of the molecule is Cc1ccc(C)c(C(=O)OCC(=O)NC(=O)Nc2ccccc2F)c1. The van der Waals surface area contributed by atoms with Gasteiger partial charge in [-0.3, -0.25) is 10.1 Å². The summed E-state index contributed by atoms with van der Waals surface area (Å²) in [4.78, 5) is 35.3. The summed E-state index contributed by atoms with van der Waals surface area (Å²) in [5, 5.41) is 4.15. The van der Waals surface area contributed by atoms with E-state index in [-0.39, 0.29) is 5.69 Å². The summed E-state index contributed by atoms with van der Waals surface area (Å²) >= 11 is 0. The van der Waals surface area contributed by atoms with Crippen LogP contribution in [0.2, 0.25) is 0 Å². The number of aryl methyl sites for hydroxylation is 2. The van der Waals surface area contributed by atoms with E-state index >= 15 is 0 Å². The molecule has 0 spiro atoms. The molecule has 0 saturated heterocycles. The first-order valence-electron chi connectivity index (χ1n) is 7.46. The minimum Gasteiger partial charge on any atom is -0.452 e. The fourth-order valence-corrected chi connectivity index (χ4v) is 2.04. The van der Waals surface area contributed by atoms with Gasteiger partial charge in [-0.15, -0.1) is 0 Å². The fraction of sp³-hybridized carbons (Fsp3) is 0.167. The number of ether oxygens (including phenoxy) is 1. The van der Waals surface area contributed by atoms with Gasteiger partial charge < -0.3 is 10.1 Å². The highest BCUT2D eigenvalue weighted by molar-refractivity contribution is 6.02. The minimum absolute atomic E-state index is 0.0693. The molecule has 6 nitrogen and oxygen atoms in total. The molecule has 0 bridgehead atoms. The molecule has 2 rings (SSSR count). The van der Waals surface area contributed by atoms with Crippen molar-refractivity contribution in [2.24, 2.45) is 0 Å². The lowest BCUT2D eigenvalue weighted by atomic mass is 10.1. The largest absolute Gasteiger partial charge is 0.452 e. The Morgan fingerprint density at radius 1 is 1.08 bits per heavy atom. The number of carbonyl (C=O) groups is 3. The molecule has 0 aliphatic carbocycles. The Balaban J connectivity index is 1.86. The molecule has 130 valence electrons. The lowest BCUT2D eigenvalue weighted by Gasteiger charge is -2.09. The minimum atomic E-state index is -0.919. The summed E-state index contributed by atoms with van der Waals surface area (Å²) < 4.78 is 18.3. The van der Waals surface area contributed by atoms with E-state index in [0.717, 1.165) is 5.56 Å². The zero-order valence-electron chi connectivity index (χ0n) is 13.8. The molecule has 0 aromatic heterocycles. The smallest absolute Gasteiger partial charge is 0.338 e. The molecular weight excluding hydrogens is 327 g/mol. The number of esters is 1. The summed E-state index contributed by atoms with van der Waals surface area (Å²) in [6.45, 7) is 2.95. The average molecular weight is 344 g/mol. The van der Waals surface area contributed by atoms with Crippen LogP contribution in [0.4, 0.5) is 14.9 Å². The zero-order chi connectivity index (χ0) is 18.4. The van der Waals surface area contributed by atoms with E-state index in [1.165, 1.54) is 24.3 Å². The van der Waals surface area contributed by atoms with E-state index in [1.54, 1.807) is 19.1 Å². The third-order valence-corrected chi connectivity index (χ3v) is 3.32. The highest BCUT2D eigenvalue weighted by Gasteiger charge is 2.15. The molecule has 2 N–H and O–H groups in total. The number of imide groups is 1. The van der Waals surface area contributed by atoms with Crippen LogP contribution < -0.4 is 10.6 Å². The maximum atomic E-state index is 13.4. The third kappa shape index (κ3) is 5.13. The Kier molecular flexibility index (Phi) is 5.84. The van der Waals surface area contributed by atoms with Gasteiger partial charge in [-0.1, -0.05) is 29.8 Å². The number of urea groups is 1. The van der Waals surface area contributed by atoms with Gasteiger partial charge in [0, 0.05) is 0 Å². The van der Waals surface area contributed by atoms with E-state index in [1.807, 2.05) is 18.3 Å². The average Bonchev–Trinajstić information content (AvgIpc) is 2.57. The van der Waals surface area contributed by atoms with Gasteiger partial charge in [0.1, 0.15) is 5.82 Å². The lowest BCUT2D eigenvalue weighted by molar-refractivity contribution is -0.123. The molecule has 7 heteroatoms. The second-order valence-electron chi connectivity index (χ2n) is 5.38. The van der Waals surface area contributed by atoms with Crippen LogP contribution in [0.3, 0.4) is 0 Å². The normalized spacial score (nSPS) is 10.0. The third-order valence-electron chi connectivity index (χ3n) is 3.32. The summed E-state index contributed by atoms with van der Waals surface area (Å²) in [6, 6.07) is 9.88. The van der Waals surface area contributed by atoms with Crippen LogP contribution in [0.1, 0.15) is 21.5 Å². The number of amides is 3. The Labute approximate surface area is 144 Å². The van der Waals surface area contributed by atoms with Crippen LogP contribution in [0, 0.1) is 19.7 Å². The van der Waals surface area contributed by atoms with Crippen LogP contribution in [0.5, 0.6) is 0 Å². The Hall–Kier alpha value is -3.22. The summed E-state index contributed by atoms with van der Waals surface area (Å²) in [5.74, 6) is -2.12. The van der Waals surface area contributed by atoms with Crippen molar-refractivity contribution in [2.75, 3.05) is 11.9 Å². The summed E-state index contributed by atoms with van der Waals surface area (Å²) in [5.41, 5.74) is 1.88. The van der Waals surface area contributed by atoms with Crippen molar-refractivity contribution in [3.8, 4) is 0 Å². The first-order valence-corrected chi connectivity index (χ1v) is 7.46. The lowest BCUT2D eigenvalue weighted by Crippen LogP contribution is -2.37. The Bertz CT molecular complexity index is 820. The first-order chi connectivity index (χ1) is 11.9. The van der Waals surface area contributed by atoms with Crippen molar-refractivity contribution in [3.63, 3.8) is 0 Å². The molecule has 25 heavy (non-hydrogen) atoms. The van der Waals surface area contributed by atoms with Gasteiger partial charge in [-0.25, -0.2) is 14.0 Å². The van der Waals surface area contributed by atoms with Crippen LogP contribution in [0.25, 0.3) is 0 Å². The number of para-hydroxylation sites is 1. The second kappa shape index (κ2) is 8.05. The number of benzene rings is 2. The number of hydrogen-bond acceptors (Lipinski definition) is 4. The number of hydrogen-bond donors (Lipinski definition) is 2. The fourth-order valence-electron chi connectivity index (χ4n) is 2.04. The van der Waals surface area contributed by atoms with Gasteiger partial charge in [0.15, 0.2) is 6.61 Å². The van der Waals surface area contributed by atoms with Crippen LogP contribution in [-0.2, 0) is 9.53 Å². The van der Waals surface area contributed by atoms with Gasteiger partial charge in [-0.05, 0) is 37.6 Å². The van der Waals surface area contributed by atoms with Crippen molar-refractivity contribution < 1.29 is 23.5 Å². The molecular formula is C18H17FN2O4. The standard InChI is InChI=1S/C18H17FN2O4/c1-11-7-8-12(2)13(9-11)17(23)25-10-16(22)21-18(24)20-15-6-4-3-5-14(15)19/h3-9H,10H2,1-2H3,(H2,20,21,22,24). The van der Waals surface area contributed by atoms with E-state index in [2.05, 4.69) is 5.32 Å². The van der Waals surface area contributed by atoms with Crippen LogP contribution >= 0.6 is 0 Å². The summed E-state index contributed by atoms with van der Waals surface area (Å²) in [7, 11) is 0. The molecule has 0 aliphatic heterocycles. The molecule has 2 aromatic carbocycles. The Morgan fingerprint density at radius 3 is 2.52 bits per heavy atom. The predicted molar refractivity (Wildman–Crippen MR) is 89.8 cm³/mol. The maximum absolute atomic E-state index is 13.4. The molecule has 0 saturated carbocycles. The van der Waals surface area contributed by atoms with Crippen molar-refractivity contribution in [3.05, 3.63) is 65.0 Å². The van der Waals surface area contributed by atoms with Gasteiger partial charge >= 0.3 is 12.0 Å². The molecule has 0 aliphatic rings. The maximum Gasteiger partial charge on any atom is 0.338 e. The monoisotopic (exact) mass is 344 g/mol. The van der Waals surface area contributed by atoms with Crippen molar-refractivity contribution >= 4 is 23.6 Å². The zero-order valence-corrected chi connectivity index (χ0v) is 13.8. The molecule has 0 radical (unpaired) electrons. The number of carbonyl (C=O) groups excluding carboxylic acids is 3. The summed E-state index contributed by atoms with van der Waals surface area (Å²) in [6.07, 6.45) is 0. The molecule has 0 heterocycles. The first kappa shape index (κ1) is 18.1. The topological polar surface area (TPSA) is 84.5 Å². The van der Waals surface area contributed by atoms with Crippen molar-refractivity contribution in [2.45, 2.75) is 13.8 Å². The second-order valence-corrected chi connectivity index (χ2v) is 5.38. The predicted octanol–water partition coefficient (Wildman–Crippen LogP) is 2.95. The number of anilines is 1. The molecule has 0 atom stereocenters. The number of rotatable bonds is 4. The molecule has 0 fully saturated rings. The highest BCUT2D eigenvalue weighted by atomic mass is 19.1. The molecule has 2 aromatic rings. The van der Waals surface area contributed by atoms with Crippen molar-refractivity contribution in [1.82, 2.24) is 5.32 Å². The van der Waals surface area contributed by atoms with E-state index in [9.17, 15) is 18.8 Å². The van der Waals surface area contributed by atoms with Crippen LogP contribution in [-0.4, -0.2) is 24.5 Å².